The lowest BCUT2D eigenvalue weighted by Gasteiger charge is -2.32. The van der Waals surface area contributed by atoms with Crippen molar-refractivity contribution in [1.82, 2.24) is 0 Å². The molecular weight excluding hydrogens is 198 g/mol. The molecule has 0 rings (SSSR count). The highest BCUT2D eigenvalue weighted by molar-refractivity contribution is 7.85. The Morgan fingerprint density at radius 3 is 1.07 bits per heavy atom. The molecule has 0 aliphatic heterocycles. The zero-order valence-electron chi connectivity index (χ0n) is 10.1. The largest absolute Gasteiger partial charge is 0.229 e. The van der Waals surface area contributed by atoms with E-state index in [2.05, 4.69) is 7.57 Å². The lowest BCUT2D eigenvalue weighted by molar-refractivity contribution is 0.0867. The Morgan fingerprint density at radius 2 is 0.929 bits per heavy atom. The van der Waals surface area contributed by atoms with Crippen LogP contribution < -0.4 is 0 Å². The smallest absolute Gasteiger partial charge is 0.166 e. The van der Waals surface area contributed by atoms with Gasteiger partial charge < -0.3 is 0 Å². The summed E-state index contributed by atoms with van der Waals surface area (Å²) in [7, 11) is 1.55. The first-order valence-corrected chi connectivity index (χ1v) is 6.76. The molecule has 0 aromatic carbocycles. The van der Waals surface area contributed by atoms with Crippen LogP contribution in [0, 0.1) is 0 Å². The monoisotopic (exact) mass is 220 g/mol. The Morgan fingerprint density at radius 1 is 0.714 bits per heavy atom. The second-order valence-corrected chi connectivity index (χ2v) is 5.93. The summed E-state index contributed by atoms with van der Waals surface area (Å²) in [6.45, 7) is 11.7. The highest BCUT2D eigenvalue weighted by Gasteiger charge is 2.30. The molecular formula is C9H22BO3P. The van der Waals surface area contributed by atoms with Crippen molar-refractivity contribution >= 4 is 15.4 Å². The molecule has 0 aromatic rings. The molecule has 0 unspecified atom stereocenters. The van der Waals surface area contributed by atoms with Crippen molar-refractivity contribution in [2.45, 2.75) is 59.9 Å². The van der Waals surface area contributed by atoms with Gasteiger partial charge >= 0.3 is 0 Å². The van der Waals surface area contributed by atoms with Gasteiger partial charge in [0.25, 0.3) is 0 Å². The van der Waals surface area contributed by atoms with Gasteiger partial charge in [0.2, 0.25) is 0 Å². The maximum absolute atomic E-state index is 5.62. The molecule has 0 aliphatic carbocycles. The quantitative estimate of drug-likeness (QED) is 0.508. The minimum Gasteiger partial charge on any atom is -0.229 e. The van der Waals surface area contributed by atoms with Gasteiger partial charge in [0.05, 0.1) is 18.3 Å². The Bertz CT molecular complexity index is 136. The number of hydrogen-bond acceptors (Lipinski definition) is 3. The molecule has 0 amide bonds. The first kappa shape index (κ1) is 14.4. The summed E-state index contributed by atoms with van der Waals surface area (Å²) in [6, 6.07) is 0. The summed E-state index contributed by atoms with van der Waals surface area (Å²) in [5.74, 6) is 0. The Balaban J connectivity index is 4.32. The van der Waals surface area contributed by atoms with Crippen molar-refractivity contribution in [3.8, 4) is 0 Å². The van der Waals surface area contributed by atoms with Crippen molar-refractivity contribution in [1.29, 1.82) is 0 Å². The van der Waals surface area contributed by atoms with Crippen LogP contribution in [-0.4, -0.2) is 25.9 Å². The minimum absolute atomic E-state index is 0.0679. The zero-order valence-corrected chi connectivity index (χ0v) is 11.0. The van der Waals surface area contributed by atoms with Crippen LogP contribution in [0.15, 0.2) is 0 Å². The molecule has 0 aliphatic rings. The van der Waals surface area contributed by atoms with E-state index in [1.165, 1.54) is 0 Å². The lowest BCUT2D eigenvalue weighted by atomic mass is 10.5. The maximum atomic E-state index is 5.62. The van der Waals surface area contributed by atoms with E-state index in [9.17, 15) is 0 Å². The lowest BCUT2D eigenvalue weighted by Crippen LogP contribution is -2.18. The highest BCUT2D eigenvalue weighted by Crippen LogP contribution is 2.60. The maximum Gasteiger partial charge on any atom is 0.166 e. The van der Waals surface area contributed by atoms with E-state index < -0.39 is 7.82 Å². The summed E-state index contributed by atoms with van der Waals surface area (Å²) in [5.41, 5.74) is 0. The van der Waals surface area contributed by atoms with Crippen LogP contribution >= 0.6 is 7.82 Å². The van der Waals surface area contributed by atoms with E-state index in [1.807, 2.05) is 41.5 Å². The van der Waals surface area contributed by atoms with Gasteiger partial charge in [-0.05, 0) is 41.5 Å². The summed E-state index contributed by atoms with van der Waals surface area (Å²) in [6.07, 6.45) is 0.204. The SMILES string of the molecule is [BH-][P+](OC(C)C)(OC(C)C)OC(C)C. The van der Waals surface area contributed by atoms with E-state index in [4.69, 9.17) is 13.6 Å². The molecule has 0 spiro atoms. The third kappa shape index (κ3) is 6.77. The fraction of sp³-hybridized carbons (Fsp3) is 1.00. The molecule has 0 atom stereocenters. The first-order chi connectivity index (χ1) is 6.25. The van der Waals surface area contributed by atoms with Gasteiger partial charge in [-0.1, -0.05) is 0 Å². The van der Waals surface area contributed by atoms with Gasteiger partial charge in [-0.3, -0.25) is 0 Å². The third-order valence-electron chi connectivity index (χ3n) is 1.11. The van der Waals surface area contributed by atoms with Crippen LogP contribution in [-0.2, 0) is 13.6 Å². The van der Waals surface area contributed by atoms with E-state index in [0.717, 1.165) is 0 Å². The van der Waals surface area contributed by atoms with Crippen LogP contribution in [0.4, 0.5) is 0 Å². The van der Waals surface area contributed by atoms with Gasteiger partial charge in [-0.25, -0.2) is 13.6 Å². The molecule has 0 N–H and O–H groups in total. The van der Waals surface area contributed by atoms with Crippen LogP contribution in [0.5, 0.6) is 0 Å². The summed E-state index contributed by atoms with van der Waals surface area (Å²) in [4.78, 5) is 0. The fourth-order valence-electron chi connectivity index (χ4n) is 1.04. The average molecular weight is 220 g/mol. The summed E-state index contributed by atoms with van der Waals surface area (Å²) < 4.78 is 16.8. The van der Waals surface area contributed by atoms with Crippen LogP contribution in [0.1, 0.15) is 41.5 Å². The summed E-state index contributed by atoms with van der Waals surface area (Å²) in [5, 5.41) is 0. The molecule has 0 saturated carbocycles. The molecule has 0 bridgehead atoms. The van der Waals surface area contributed by atoms with Gasteiger partial charge in [0.15, 0.2) is 7.82 Å². The predicted molar refractivity (Wildman–Crippen MR) is 62.7 cm³/mol. The third-order valence-corrected chi connectivity index (χ3v) is 3.34. The average Bonchev–Trinajstić information content (AvgIpc) is 1.76. The van der Waals surface area contributed by atoms with Crippen LogP contribution in [0.2, 0.25) is 0 Å². The minimum atomic E-state index is -2.39. The molecule has 2 radical (unpaired) electrons. The van der Waals surface area contributed by atoms with Crippen LogP contribution in [0.25, 0.3) is 0 Å². The highest BCUT2D eigenvalue weighted by atomic mass is 31.2. The van der Waals surface area contributed by atoms with E-state index >= 15 is 0 Å². The second-order valence-electron chi connectivity index (χ2n) is 4.07. The molecule has 14 heavy (non-hydrogen) atoms. The van der Waals surface area contributed by atoms with Crippen molar-refractivity contribution in [3.63, 3.8) is 0 Å². The van der Waals surface area contributed by atoms with Crippen molar-refractivity contribution in [2.24, 2.45) is 0 Å². The molecule has 5 heteroatoms. The normalized spacial score (nSPS) is 13.3. The van der Waals surface area contributed by atoms with E-state index in [0.29, 0.717) is 0 Å². The number of hydrogen-bond donors (Lipinski definition) is 0. The molecule has 84 valence electrons. The van der Waals surface area contributed by atoms with Crippen molar-refractivity contribution in [3.05, 3.63) is 0 Å². The Labute approximate surface area is 89.5 Å². The zero-order chi connectivity index (χ0) is 11.4. The van der Waals surface area contributed by atoms with Gasteiger partial charge in [-0.15, -0.1) is 0 Å². The Hall–Kier alpha value is 0.375. The van der Waals surface area contributed by atoms with E-state index in [1.54, 1.807) is 0 Å². The standard InChI is InChI=1S/C9H22BO3P/c1-7(2)11-14(10,12-8(3)4)13-9(5)6/h7-10H,1-6H3. The predicted octanol–water partition coefficient (Wildman–Crippen LogP) is 2.84. The van der Waals surface area contributed by atoms with Gasteiger partial charge in [-0.2, -0.15) is 0 Å². The van der Waals surface area contributed by atoms with Crippen molar-refractivity contribution < 1.29 is 13.6 Å². The number of rotatable bonds is 6. The first-order valence-electron chi connectivity index (χ1n) is 5.04. The second kappa shape index (κ2) is 6.07. The Kier molecular flexibility index (Phi) is 6.23. The van der Waals surface area contributed by atoms with Crippen LogP contribution in [0.3, 0.4) is 0 Å². The fourth-order valence-corrected chi connectivity index (χ4v) is 3.11. The molecule has 0 aromatic heterocycles. The van der Waals surface area contributed by atoms with Gasteiger partial charge in [0, 0.05) is 7.57 Å². The molecule has 0 fully saturated rings. The topological polar surface area (TPSA) is 27.7 Å². The van der Waals surface area contributed by atoms with Crippen molar-refractivity contribution in [2.75, 3.05) is 0 Å². The molecule has 0 heterocycles. The molecule has 0 saturated heterocycles. The van der Waals surface area contributed by atoms with Gasteiger partial charge in [0.1, 0.15) is 0 Å². The van der Waals surface area contributed by atoms with E-state index in [-0.39, 0.29) is 18.3 Å². The summed E-state index contributed by atoms with van der Waals surface area (Å²) >= 11 is 0. The molecule has 3 nitrogen and oxygen atoms in total.